The lowest BCUT2D eigenvalue weighted by atomic mass is 9.79. The Labute approximate surface area is 157 Å². The van der Waals surface area contributed by atoms with E-state index in [9.17, 15) is 4.79 Å². The van der Waals surface area contributed by atoms with Gasteiger partial charge in [0.2, 0.25) is 0 Å². The lowest BCUT2D eigenvalue weighted by Crippen LogP contribution is -2.23. The van der Waals surface area contributed by atoms with Gasteiger partial charge in [-0.25, -0.2) is 0 Å². The molecule has 0 saturated heterocycles. The van der Waals surface area contributed by atoms with E-state index in [1.165, 1.54) is 53.5 Å². The van der Waals surface area contributed by atoms with Crippen LogP contribution in [0.3, 0.4) is 0 Å². The van der Waals surface area contributed by atoms with Gasteiger partial charge in [0.15, 0.2) is 0 Å². The minimum atomic E-state index is 0.292. The summed E-state index contributed by atoms with van der Waals surface area (Å²) in [5, 5.41) is 0. The number of benzene rings is 2. The zero-order valence-electron chi connectivity index (χ0n) is 16.0. The van der Waals surface area contributed by atoms with Crippen molar-refractivity contribution in [3.63, 3.8) is 0 Å². The molecule has 1 saturated carbocycles. The summed E-state index contributed by atoms with van der Waals surface area (Å²) in [5.41, 5.74) is 7.27. The average Bonchev–Trinajstić information content (AvgIpc) is 3.05. The van der Waals surface area contributed by atoms with E-state index >= 15 is 0 Å². The van der Waals surface area contributed by atoms with Crippen molar-refractivity contribution < 1.29 is 4.79 Å². The predicted molar refractivity (Wildman–Crippen MR) is 108 cm³/mol. The fourth-order valence-electron chi connectivity index (χ4n) is 4.93. The van der Waals surface area contributed by atoms with Gasteiger partial charge in [0.1, 0.15) is 5.78 Å². The minimum absolute atomic E-state index is 0.292. The van der Waals surface area contributed by atoms with E-state index in [4.69, 9.17) is 0 Å². The second-order valence-electron chi connectivity index (χ2n) is 8.19. The summed E-state index contributed by atoms with van der Waals surface area (Å²) >= 11 is 0. The molecule has 1 fully saturated rings. The zero-order chi connectivity index (χ0) is 17.9. The minimum Gasteiger partial charge on any atom is -0.299 e. The van der Waals surface area contributed by atoms with E-state index in [0.717, 1.165) is 32.1 Å². The van der Waals surface area contributed by atoms with Crippen molar-refractivity contribution in [2.45, 2.75) is 70.6 Å². The first-order chi connectivity index (χ1) is 12.7. The number of ketones is 1. The molecule has 0 aliphatic heterocycles. The van der Waals surface area contributed by atoms with Gasteiger partial charge >= 0.3 is 0 Å². The first-order valence-electron chi connectivity index (χ1n) is 10.5. The van der Waals surface area contributed by atoms with Crippen molar-refractivity contribution in [1.82, 2.24) is 0 Å². The molecule has 0 radical (unpaired) electrons. The first-order valence-corrected chi connectivity index (χ1v) is 10.5. The smallest absolute Gasteiger partial charge is 0.136 e. The fourth-order valence-corrected chi connectivity index (χ4v) is 4.93. The van der Waals surface area contributed by atoms with Crippen LogP contribution in [0.15, 0.2) is 42.5 Å². The van der Waals surface area contributed by atoms with E-state index in [2.05, 4.69) is 49.4 Å². The lowest BCUT2D eigenvalue weighted by molar-refractivity contribution is -0.124. The van der Waals surface area contributed by atoms with Crippen LogP contribution in [0.2, 0.25) is 0 Å². The van der Waals surface area contributed by atoms with E-state index in [1.807, 2.05) is 0 Å². The van der Waals surface area contributed by atoms with E-state index in [1.54, 1.807) is 0 Å². The first kappa shape index (κ1) is 17.5. The summed E-state index contributed by atoms with van der Waals surface area (Å²) in [4.78, 5) is 12.2. The molecular weight excluding hydrogens is 316 g/mol. The molecule has 0 spiro atoms. The second-order valence-corrected chi connectivity index (χ2v) is 8.19. The number of carbonyl (C=O) groups is 1. The number of unbranched alkanes of at least 4 members (excludes halogenated alkanes) is 1. The van der Waals surface area contributed by atoms with Gasteiger partial charge in [-0.3, -0.25) is 4.79 Å². The van der Waals surface area contributed by atoms with Crippen LogP contribution in [0.5, 0.6) is 0 Å². The van der Waals surface area contributed by atoms with Crippen LogP contribution < -0.4 is 0 Å². The highest BCUT2D eigenvalue weighted by molar-refractivity contribution is 5.84. The molecule has 2 aromatic rings. The van der Waals surface area contributed by atoms with Crippen LogP contribution >= 0.6 is 0 Å². The Bertz CT molecular complexity index is 771. The summed E-state index contributed by atoms with van der Waals surface area (Å²) in [5.74, 6) is 1.32. The zero-order valence-corrected chi connectivity index (χ0v) is 16.0. The Kier molecular flexibility index (Phi) is 5.24. The molecule has 0 unspecified atom stereocenters. The molecule has 4 rings (SSSR count). The molecule has 1 heteroatoms. The van der Waals surface area contributed by atoms with E-state index in [-0.39, 0.29) is 0 Å². The maximum absolute atomic E-state index is 12.2. The molecule has 136 valence electrons. The van der Waals surface area contributed by atoms with Gasteiger partial charge in [-0.1, -0.05) is 49.4 Å². The summed E-state index contributed by atoms with van der Waals surface area (Å²) in [6, 6.07) is 16.1. The standard InChI is InChI=1S/C25H30O/c1-2-18-10-12-19(13-11-18)6-3-4-7-20-14-15-22-21(16-20)17-24-23(22)8-5-9-25(24)26/h10-16,23-24H,2-9,17H2,1H3/t23-,24-/m1/s1. The normalized spacial score (nSPS) is 21.5. The van der Waals surface area contributed by atoms with Crippen molar-refractivity contribution in [2.24, 2.45) is 5.92 Å². The maximum atomic E-state index is 12.2. The van der Waals surface area contributed by atoms with Crippen LogP contribution in [0.25, 0.3) is 0 Å². The highest BCUT2D eigenvalue weighted by Crippen LogP contribution is 2.45. The highest BCUT2D eigenvalue weighted by Gasteiger charge is 2.38. The molecule has 0 bridgehead atoms. The van der Waals surface area contributed by atoms with Crippen molar-refractivity contribution in [2.75, 3.05) is 0 Å². The monoisotopic (exact) mass is 346 g/mol. The van der Waals surface area contributed by atoms with Crippen molar-refractivity contribution >= 4 is 5.78 Å². The fraction of sp³-hybridized carbons (Fsp3) is 0.480. The number of aryl methyl sites for hydroxylation is 3. The van der Waals surface area contributed by atoms with Crippen LogP contribution in [0.1, 0.15) is 72.8 Å². The lowest BCUT2D eigenvalue weighted by Gasteiger charge is -2.24. The van der Waals surface area contributed by atoms with Gasteiger partial charge in [-0.05, 0) is 85.1 Å². The highest BCUT2D eigenvalue weighted by atomic mass is 16.1. The van der Waals surface area contributed by atoms with Gasteiger partial charge in [0, 0.05) is 12.3 Å². The summed E-state index contributed by atoms with van der Waals surface area (Å²) < 4.78 is 0. The Balaban J connectivity index is 1.31. The van der Waals surface area contributed by atoms with E-state index < -0.39 is 0 Å². The third-order valence-electron chi connectivity index (χ3n) is 6.50. The Morgan fingerprint density at radius 2 is 1.58 bits per heavy atom. The SMILES string of the molecule is CCc1ccc(CCCCc2ccc3c(c2)C[C@H]2C(=O)CCC[C@H]32)cc1. The molecule has 0 N–H and O–H groups in total. The molecule has 0 amide bonds. The van der Waals surface area contributed by atoms with Crippen LogP contribution in [0.4, 0.5) is 0 Å². The molecule has 26 heavy (non-hydrogen) atoms. The number of fused-ring (bicyclic) bond motifs is 3. The topological polar surface area (TPSA) is 17.1 Å². The average molecular weight is 347 g/mol. The maximum Gasteiger partial charge on any atom is 0.136 e. The second kappa shape index (κ2) is 7.78. The number of hydrogen-bond donors (Lipinski definition) is 0. The predicted octanol–water partition coefficient (Wildman–Crippen LogP) is 5.82. The molecule has 2 aliphatic rings. The number of carbonyl (C=O) groups excluding carboxylic acids is 1. The number of hydrogen-bond acceptors (Lipinski definition) is 1. The van der Waals surface area contributed by atoms with Gasteiger partial charge < -0.3 is 0 Å². The Morgan fingerprint density at radius 1 is 0.885 bits per heavy atom. The van der Waals surface area contributed by atoms with Crippen LogP contribution in [-0.4, -0.2) is 5.78 Å². The largest absolute Gasteiger partial charge is 0.299 e. The van der Waals surface area contributed by atoms with E-state index in [0.29, 0.717) is 17.6 Å². The quantitative estimate of drug-likeness (QED) is 0.602. The van der Waals surface area contributed by atoms with Gasteiger partial charge in [-0.15, -0.1) is 0 Å². The molecule has 2 aliphatic carbocycles. The molecule has 0 aromatic heterocycles. The Hall–Kier alpha value is -1.89. The molecule has 2 aromatic carbocycles. The van der Waals surface area contributed by atoms with Crippen LogP contribution in [0, 0.1) is 5.92 Å². The molecule has 1 nitrogen and oxygen atoms in total. The summed E-state index contributed by atoms with van der Waals surface area (Å²) in [7, 11) is 0. The van der Waals surface area contributed by atoms with Crippen molar-refractivity contribution in [3.8, 4) is 0 Å². The third-order valence-corrected chi connectivity index (χ3v) is 6.50. The number of Topliss-reactive ketones (excluding diaryl/α,β-unsaturated/α-hetero) is 1. The van der Waals surface area contributed by atoms with Gasteiger partial charge in [-0.2, -0.15) is 0 Å². The molecule has 0 heterocycles. The molecular formula is C25H30O. The van der Waals surface area contributed by atoms with Crippen molar-refractivity contribution in [3.05, 3.63) is 70.3 Å². The Morgan fingerprint density at radius 3 is 2.35 bits per heavy atom. The van der Waals surface area contributed by atoms with Crippen molar-refractivity contribution in [1.29, 1.82) is 0 Å². The van der Waals surface area contributed by atoms with Gasteiger partial charge in [0.25, 0.3) is 0 Å². The summed E-state index contributed by atoms with van der Waals surface area (Å²) in [6.45, 7) is 2.20. The number of rotatable bonds is 6. The molecule has 2 atom stereocenters. The third kappa shape index (κ3) is 3.63. The van der Waals surface area contributed by atoms with Crippen LogP contribution in [-0.2, 0) is 30.5 Å². The summed E-state index contributed by atoms with van der Waals surface area (Å²) in [6.07, 6.45) is 10.0. The van der Waals surface area contributed by atoms with Gasteiger partial charge in [0.05, 0.1) is 0 Å².